The number of alkyl halides is 3. The lowest BCUT2D eigenvalue weighted by Crippen LogP contribution is -2.61. The van der Waals surface area contributed by atoms with E-state index in [4.69, 9.17) is 9.47 Å². The van der Waals surface area contributed by atoms with E-state index in [2.05, 4.69) is 16.3 Å². The number of nitrogens with one attached hydrogen (secondary N) is 1. The Morgan fingerprint density at radius 3 is 2.63 bits per heavy atom. The molecule has 2 fully saturated rings. The summed E-state index contributed by atoms with van der Waals surface area (Å²) in [6, 6.07) is 12.4. The summed E-state index contributed by atoms with van der Waals surface area (Å²) >= 11 is 0. The van der Waals surface area contributed by atoms with Crippen LogP contribution in [0, 0.1) is 5.92 Å². The number of piperidine rings is 1. The molecule has 1 saturated heterocycles. The van der Waals surface area contributed by atoms with E-state index >= 15 is 0 Å². The SMILES string of the molecule is COc1cccc(C23CCN(C)CC2C(OC(C)=O)CC(NC(=O)/C=C/c2cccc(C(F)(F)F)c2)C3)c1. The zero-order chi connectivity index (χ0) is 27.5. The number of hydrogen-bond donors (Lipinski definition) is 1. The second-order valence-electron chi connectivity index (χ2n) is 10.3. The average molecular weight is 531 g/mol. The van der Waals surface area contributed by atoms with Gasteiger partial charge in [0.2, 0.25) is 5.91 Å². The highest BCUT2D eigenvalue weighted by atomic mass is 19.4. The van der Waals surface area contributed by atoms with Crippen LogP contribution in [-0.2, 0) is 25.9 Å². The van der Waals surface area contributed by atoms with Crippen molar-refractivity contribution in [3.63, 3.8) is 0 Å². The third-order valence-corrected chi connectivity index (χ3v) is 7.68. The quantitative estimate of drug-likeness (QED) is 0.428. The van der Waals surface area contributed by atoms with Crippen molar-refractivity contribution in [2.45, 2.75) is 49.9 Å². The summed E-state index contributed by atoms with van der Waals surface area (Å²) < 4.78 is 50.4. The van der Waals surface area contributed by atoms with Gasteiger partial charge >= 0.3 is 12.1 Å². The molecule has 1 saturated carbocycles. The summed E-state index contributed by atoms with van der Waals surface area (Å²) in [7, 11) is 3.66. The van der Waals surface area contributed by atoms with Crippen LogP contribution in [0.25, 0.3) is 6.08 Å². The number of hydrogen-bond acceptors (Lipinski definition) is 5. The molecule has 0 aromatic heterocycles. The Morgan fingerprint density at radius 2 is 1.92 bits per heavy atom. The molecule has 1 aliphatic heterocycles. The summed E-state index contributed by atoms with van der Waals surface area (Å²) in [6.07, 6.45) is -0.354. The predicted octanol–water partition coefficient (Wildman–Crippen LogP) is 4.83. The molecule has 1 amide bonds. The largest absolute Gasteiger partial charge is 0.497 e. The number of rotatable bonds is 6. The minimum atomic E-state index is -4.46. The molecule has 2 aromatic rings. The highest BCUT2D eigenvalue weighted by molar-refractivity contribution is 5.92. The fraction of sp³-hybridized carbons (Fsp3) is 0.448. The maximum absolute atomic E-state index is 13.0. The third-order valence-electron chi connectivity index (χ3n) is 7.68. The van der Waals surface area contributed by atoms with E-state index in [0.29, 0.717) is 12.8 Å². The smallest absolute Gasteiger partial charge is 0.416 e. The lowest BCUT2D eigenvalue weighted by Gasteiger charge is -2.55. The molecule has 204 valence electrons. The standard InChI is InChI=1S/C29H33F3N2O4/c1-19(35)38-26-16-23(33-27(36)11-10-20-6-4-8-22(14-20)29(30,31)32)17-28(12-13-34(2)18-25(26)28)21-7-5-9-24(15-21)37-3/h4-11,14-15,23,25-26H,12-13,16-18H2,1-3H3,(H,33,36)/b11-10+. The van der Waals surface area contributed by atoms with Crippen molar-refractivity contribution >= 4 is 18.0 Å². The highest BCUT2D eigenvalue weighted by Crippen LogP contribution is 2.50. The Bertz CT molecular complexity index is 1200. The van der Waals surface area contributed by atoms with Gasteiger partial charge < -0.3 is 19.7 Å². The zero-order valence-electron chi connectivity index (χ0n) is 21.8. The van der Waals surface area contributed by atoms with Crippen molar-refractivity contribution in [2.24, 2.45) is 5.92 Å². The lowest BCUT2D eigenvalue weighted by atomic mass is 9.57. The minimum absolute atomic E-state index is 0.0195. The second-order valence-corrected chi connectivity index (χ2v) is 10.3. The Hall–Kier alpha value is -3.33. The second kappa shape index (κ2) is 11.2. The Labute approximate surface area is 220 Å². The number of halogens is 3. The van der Waals surface area contributed by atoms with Crippen molar-refractivity contribution < 1.29 is 32.2 Å². The van der Waals surface area contributed by atoms with E-state index in [9.17, 15) is 22.8 Å². The molecule has 1 N–H and O–H groups in total. The summed E-state index contributed by atoms with van der Waals surface area (Å²) in [5.41, 5.74) is 0.220. The number of likely N-dealkylation sites (tertiary alicyclic amines) is 1. The first kappa shape index (κ1) is 27.7. The molecule has 9 heteroatoms. The van der Waals surface area contributed by atoms with E-state index in [-0.39, 0.29) is 28.9 Å². The van der Waals surface area contributed by atoms with Crippen molar-refractivity contribution in [2.75, 3.05) is 27.2 Å². The molecule has 2 aromatic carbocycles. The maximum atomic E-state index is 13.0. The first-order chi connectivity index (χ1) is 18.0. The fourth-order valence-corrected chi connectivity index (χ4v) is 5.97. The Morgan fingerprint density at radius 1 is 1.16 bits per heavy atom. The highest BCUT2D eigenvalue weighted by Gasteiger charge is 2.53. The molecule has 4 atom stereocenters. The molecule has 0 radical (unpaired) electrons. The molecule has 0 spiro atoms. The van der Waals surface area contributed by atoms with Crippen molar-refractivity contribution in [3.8, 4) is 5.75 Å². The van der Waals surface area contributed by atoms with Gasteiger partial charge in [0.05, 0.1) is 12.7 Å². The summed E-state index contributed by atoms with van der Waals surface area (Å²) in [5, 5.41) is 3.02. The molecule has 6 nitrogen and oxygen atoms in total. The van der Waals surface area contributed by atoms with E-state index in [1.807, 2.05) is 25.2 Å². The number of benzene rings is 2. The van der Waals surface area contributed by atoms with Gasteiger partial charge in [-0.15, -0.1) is 0 Å². The molecular weight excluding hydrogens is 497 g/mol. The predicted molar refractivity (Wildman–Crippen MR) is 137 cm³/mol. The van der Waals surface area contributed by atoms with Gasteiger partial charge in [-0.2, -0.15) is 13.2 Å². The van der Waals surface area contributed by atoms with E-state index in [1.165, 1.54) is 31.2 Å². The van der Waals surface area contributed by atoms with Crippen LogP contribution in [0.3, 0.4) is 0 Å². The minimum Gasteiger partial charge on any atom is -0.497 e. The van der Waals surface area contributed by atoms with Crippen LogP contribution >= 0.6 is 0 Å². The molecule has 38 heavy (non-hydrogen) atoms. The van der Waals surface area contributed by atoms with Gasteiger partial charge in [0.25, 0.3) is 0 Å². The number of amides is 1. The summed E-state index contributed by atoms with van der Waals surface area (Å²) in [6.45, 7) is 2.97. The molecule has 4 unspecified atom stereocenters. The van der Waals surface area contributed by atoms with Crippen LogP contribution in [0.15, 0.2) is 54.6 Å². The van der Waals surface area contributed by atoms with E-state index < -0.39 is 23.8 Å². The zero-order valence-corrected chi connectivity index (χ0v) is 21.8. The van der Waals surface area contributed by atoms with Crippen molar-refractivity contribution in [1.29, 1.82) is 0 Å². The summed E-state index contributed by atoms with van der Waals surface area (Å²) in [4.78, 5) is 27.2. The van der Waals surface area contributed by atoms with Crippen LogP contribution in [0.5, 0.6) is 5.75 Å². The average Bonchev–Trinajstić information content (AvgIpc) is 2.87. The van der Waals surface area contributed by atoms with Crippen LogP contribution in [0.1, 0.15) is 42.9 Å². The van der Waals surface area contributed by atoms with Gasteiger partial charge in [-0.05, 0) is 67.9 Å². The number of carbonyl (C=O) groups excluding carboxylic acids is 2. The number of carbonyl (C=O) groups is 2. The van der Waals surface area contributed by atoms with Gasteiger partial charge in [-0.1, -0.05) is 24.3 Å². The number of fused-ring (bicyclic) bond motifs is 1. The van der Waals surface area contributed by atoms with E-state index in [1.54, 1.807) is 7.11 Å². The monoisotopic (exact) mass is 530 g/mol. The molecule has 1 aliphatic carbocycles. The summed E-state index contributed by atoms with van der Waals surface area (Å²) in [5.74, 6) is -0.0415. The number of nitrogens with zero attached hydrogens (tertiary/aromatic N) is 1. The molecule has 2 aliphatic rings. The van der Waals surface area contributed by atoms with Gasteiger partial charge in [0.1, 0.15) is 11.9 Å². The molecule has 1 heterocycles. The van der Waals surface area contributed by atoms with Crippen molar-refractivity contribution in [3.05, 3.63) is 71.3 Å². The van der Waals surface area contributed by atoms with Gasteiger partial charge in [-0.3, -0.25) is 9.59 Å². The Kier molecular flexibility index (Phi) is 8.16. The van der Waals surface area contributed by atoms with Gasteiger partial charge in [0, 0.05) is 43.3 Å². The third kappa shape index (κ3) is 6.20. The molecular formula is C29H33F3N2O4. The Balaban J connectivity index is 1.60. The first-order valence-corrected chi connectivity index (χ1v) is 12.7. The number of esters is 1. The molecule has 0 bridgehead atoms. The van der Waals surface area contributed by atoms with Gasteiger partial charge in [0.15, 0.2) is 0 Å². The lowest BCUT2D eigenvalue weighted by molar-refractivity contribution is -0.157. The number of methoxy groups -OCH3 is 1. The van der Waals surface area contributed by atoms with Crippen molar-refractivity contribution in [1.82, 2.24) is 10.2 Å². The van der Waals surface area contributed by atoms with Gasteiger partial charge in [-0.25, -0.2) is 0 Å². The van der Waals surface area contributed by atoms with Crippen LogP contribution in [-0.4, -0.2) is 56.2 Å². The van der Waals surface area contributed by atoms with Crippen LogP contribution in [0.4, 0.5) is 13.2 Å². The molecule has 4 rings (SSSR count). The number of ether oxygens (including phenoxy) is 2. The van der Waals surface area contributed by atoms with Crippen LogP contribution < -0.4 is 10.1 Å². The topological polar surface area (TPSA) is 67.9 Å². The normalized spacial score (nSPS) is 26.0. The van der Waals surface area contributed by atoms with E-state index in [0.717, 1.165) is 43.0 Å². The van der Waals surface area contributed by atoms with Crippen LogP contribution in [0.2, 0.25) is 0 Å². The first-order valence-electron chi connectivity index (χ1n) is 12.7. The maximum Gasteiger partial charge on any atom is 0.416 e. The fourth-order valence-electron chi connectivity index (χ4n) is 5.97.